The molecule has 0 aliphatic carbocycles. The van der Waals surface area contributed by atoms with Crippen LogP contribution in [0.15, 0.2) is 18.2 Å². The molecule has 0 radical (unpaired) electrons. The molecule has 0 aliphatic heterocycles. The second kappa shape index (κ2) is 9.05. The van der Waals surface area contributed by atoms with E-state index in [-0.39, 0.29) is 5.97 Å². The predicted molar refractivity (Wildman–Crippen MR) is 77.6 cm³/mol. The maximum Gasteiger partial charge on any atom is 0.338 e. The Kier molecular flexibility index (Phi) is 7.68. The van der Waals surface area contributed by atoms with Gasteiger partial charge in [-0.3, -0.25) is 0 Å². The van der Waals surface area contributed by atoms with Crippen molar-refractivity contribution < 1.29 is 14.3 Å². The summed E-state index contributed by atoms with van der Waals surface area (Å²) in [7, 11) is 0. The van der Waals surface area contributed by atoms with Crippen molar-refractivity contribution in [1.82, 2.24) is 0 Å². The van der Waals surface area contributed by atoms with E-state index in [4.69, 9.17) is 32.7 Å². The molecule has 0 heterocycles. The lowest BCUT2D eigenvalue weighted by molar-refractivity contribution is 0.0505. The van der Waals surface area contributed by atoms with Crippen LogP contribution in [0.5, 0.6) is 5.75 Å². The summed E-state index contributed by atoms with van der Waals surface area (Å²) in [6.45, 7) is 2.77. The quantitative estimate of drug-likeness (QED) is 0.416. The predicted octanol–water partition coefficient (Wildman–Crippen LogP) is 3.79. The number of aryl methyl sites for hydroxylation is 1. The van der Waals surface area contributed by atoms with Crippen molar-refractivity contribution in [3.8, 4) is 5.75 Å². The SMILES string of the molecule is Cc1cc(OCCCCl)ccc1C(=O)OCCCCl. The monoisotopic (exact) mass is 304 g/mol. The lowest BCUT2D eigenvalue weighted by Gasteiger charge is -2.09. The van der Waals surface area contributed by atoms with Gasteiger partial charge in [-0.2, -0.15) is 0 Å². The molecule has 19 heavy (non-hydrogen) atoms. The molecular formula is C14H18Cl2O3. The first kappa shape index (κ1) is 16.1. The molecule has 0 unspecified atom stereocenters. The normalized spacial score (nSPS) is 10.3. The number of halogens is 2. The topological polar surface area (TPSA) is 35.5 Å². The standard InChI is InChI=1S/C14H18Cl2O3/c1-11-10-12(18-8-2-6-15)4-5-13(11)14(17)19-9-3-7-16/h4-5,10H,2-3,6-9H2,1H3. The minimum absolute atomic E-state index is 0.324. The first-order chi connectivity index (χ1) is 9.19. The Morgan fingerprint density at radius 3 is 2.47 bits per heavy atom. The number of alkyl halides is 2. The van der Waals surface area contributed by atoms with Gasteiger partial charge in [-0.1, -0.05) is 0 Å². The first-order valence-electron chi connectivity index (χ1n) is 6.21. The molecule has 0 saturated carbocycles. The Labute approximate surface area is 123 Å². The molecule has 3 nitrogen and oxygen atoms in total. The minimum Gasteiger partial charge on any atom is -0.494 e. The molecule has 0 saturated heterocycles. The van der Waals surface area contributed by atoms with Gasteiger partial charge in [-0.25, -0.2) is 4.79 Å². The fraction of sp³-hybridized carbons (Fsp3) is 0.500. The smallest absolute Gasteiger partial charge is 0.338 e. The van der Waals surface area contributed by atoms with Crippen molar-refractivity contribution in [3.63, 3.8) is 0 Å². The van der Waals surface area contributed by atoms with Crippen molar-refractivity contribution in [2.45, 2.75) is 19.8 Å². The van der Waals surface area contributed by atoms with Crippen molar-refractivity contribution in [3.05, 3.63) is 29.3 Å². The Morgan fingerprint density at radius 2 is 1.84 bits per heavy atom. The van der Waals surface area contributed by atoms with Crippen molar-refractivity contribution in [1.29, 1.82) is 0 Å². The van der Waals surface area contributed by atoms with E-state index in [0.29, 0.717) is 37.0 Å². The molecule has 0 N–H and O–H groups in total. The van der Waals surface area contributed by atoms with E-state index >= 15 is 0 Å². The van der Waals surface area contributed by atoms with Gasteiger partial charge in [-0.05, 0) is 43.5 Å². The minimum atomic E-state index is -0.324. The lowest BCUT2D eigenvalue weighted by Crippen LogP contribution is -2.09. The van der Waals surface area contributed by atoms with E-state index in [1.54, 1.807) is 12.1 Å². The van der Waals surface area contributed by atoms with Crippen molar-refractivity contribution in [2.24, 2.45) is 0 Å². The number of rotatable bonds is 8. The molecular weight excluding hydrogens is 287 g/mol. The Hall–Kier alpha value is -0.930. The highest BCUT2D eigenvalue weighted by molar-refractivity contribution is 6.18. The van der Waals surface area contributed by atoms with Gasteiger partial charge < -0.3 is 9.47 Å². The number of benzene rings is 1. The van der Waals surface area contributed by atoms with Crippen LogP contribution in [0.1, 0.15) is 28.8 Å². The molecule has 1 aromatic rings. The number of carbonyl (C=O) groups excluding carboxylic acids is 1. The van der Waals surface area contributed by atoms with Crippen LogP contribution in [0.2, 0.25) is 0 Å². The third kappa shape index (κ3) is 5.70. The average molecular weight is 305 g/mol. The molecule has 106 valence electrons. The highest BCUT2D eigenvalue weighted by atomic mass is 35.5. The van der Waals surface area contributed by atoms with Crippen LogP contribution in [-0.2, 0) is 4.74 Å². The first-order valence-corrected chi connectivity index (χ1v) is 7.28. The Balaban J connectivity index is 2.58. The summed E-state index contributed by atoms with van der Waals surface area (Å²) in [5.41, 5.74) is 1.39. The van der Waals surface area contributed by atoms with Gasteiger partial charge in [0.25, 0.3) is 0 Å². The number of carbonyl (C=O) groups is 1. The van der Waals surface area contributed by atoms with E-state index in [2.05, 4.69) is 0 Å². The summed E-state index contributed by atoms with van der Waals surface area (Å²) in [5, 5.41) is 0. The fourth-order valence-electron chi connectivity index (χ4n) is 1.50. The average Bonchev–Trinajstić information content (AvgIpc) is 2.39. The molecule has 1 rings (SSSR count). The van der Waals surface area contributed by atoms with Crippen LogP contribution in [0.4, 0.5) is 0 Å². The number of hydrogen-bond donors (Lipinski definition) is 0. The molecule has 1 aromatic carbocycles. The molecule has 0 aromatic heterocycles. The summed E-state index contributed by atoms with van der Waals surface area (Å²) in [6.07, 6.45) is 1.45. The summed E-state index contributed by atoms with van der Waals surface area (Å²) in [5.74, 6) is 1.47. The zero-order valence-corrected chi connectivity index (χ0v) is 12.5. The maximum absolute atomic E-state index is 11.8. The molecule has 0 atom stereocenters. The zero-order chi connectivity index (χ0) is 14.1. The van der Waals surface area contributed by atoms with Crippen LogP contribution in [0, 0.1) is 6.92 Å². The summed E-state index contributed by atoms with van der Waals surface area (Å²) in [4.78, 5) is 11.8. The van der Waals surface area contributed by atoms with Crippen molar-refractivity contribution >= 4 is 29.2 Å². The molecule has 0 bridgehead atoms. The van der Waals surface area contributed by atoms with Crippen LogP contribution in [-0.4, -0.2) is 30.9 Å². The fourth-order valence-corrected chi connectivity index (χ4v) is 1.71. The molecule has 0 aliphatic rings. The summed E-state index contributed by atoms with van der Waals surface area (Å²) in [6, 6.07) is 5.31. The van der Waals surface area contributed by atoms with E-state index in [1.807, 2.05) is 13.0 Å². The molecule has 0 fully saturated rings. The summed E-state index contributed by atoms with van der Waals surface area (Å²) >= 11 is 11.1. The number of ether oxygens (including phenoxy) is 2. The van der Waals surface area contributed by atoms with Gasteiger partial charge in [0.2, 0.25) is 0 Å². The number of hydrogen-bond acceptors (Lipinski definition) is 3. The highest BCUT2D eigenvalue weighted by Crippen LogP contribution is 2.18. The van der Waals surface area contributed by atoms with Gasteiger partial charge in [0.05, 0.1) is 18.8 Å². The zero-order valence-electron chi connectivity index (χ0n) is 11.0. The lowest BCUT2D eigenvalue weighted by atomic mass is 10.1. The van der Waals surface area contributed by atoms with Gasteiger partial charge in [0.15, 0.2) is 0 Å². The van der Waals surface area contributed by atoms with Gasteiger partial charge in [-0.15, -0.1) is 23.2 Å². The summed E-state index contributed by atoms with van der Waals surface area (Å²) < 4.78 is 10.6. The highest BCUT2D eigenvalue weighted by Gasteiger charge is 2.11. The Morgan fingerprint density at radius 1 is 1.16 bits per heavy atom. The number of esters is 1. The largest absolute Gasteiger partial charge is 0.494 e. The van der Waals surface area contributed by atoms with Gasteiger partial charge in [0, 0.05) is 11.8 Å². The second-order valence-corrected chi connectivity index (χ2v) is 4.80. The van der Waals surface area contributed by atoms with Crippen LogP contribution >= 0.6 is 23.2 Å². The second-order valence-electron chi connectivity index (χ2n) is 4.05. The van der Waals surface area contributed by atoms with Crippen LogP contribution < -0.4 is 4.74 Å². The Bertz CT molecular complexity index is 408. The maximum atomic E-state index is 11.8. The third-order valence-electron chi connectivity index (χ3n) is 2.48. The van der Waals surface area contributed by atoms with Gasteiger partial charge >= 0.3 is 5.97 Å². The third-order valence-corrected chi connectivity index (χ3v) is 3.01. The van der Waals surface area contributed by atoms with Crippen LogP contribution in [0.3, 0.4) is 0 Å². The molecule has 0 spiro atoms. The van der Waals surface area contributed by atoms with E-state index < -0.39 is 0 Å². The van der Waals surface area contributed by atoms with Crippen molar-refractivity contribution in [2.75, 3.05) is 25.0 Å². The molecule has 0 amide bonds. The van der Waals surface area contributed by atoms with E-state index in [1.165, 1.54) is 0 Å². The van der Waals surface area contributed by atoms with E-state index in [9.17, 15) is 4.79 Å². The van der Waals surface area contributed by atoms with Gasteiger partial charge in [0.1, 0.15) is 5.75 Å². The molecule has 5 heteroatoms. The van der Waals surface area contributed by atoms with E-state index in [0.717, 1.165) is 17.7 Å². The van der Waals surface area contributed by atoms with Crippen LogP contribution in [0.25, 0.3) is 0 Å².